The molecule has 1 unspecified atom stereocenters. The quantitative estimate of drug-likeness (QED) is 0.181. The Kier molecular flexibility index (Phi) is 14.8. The highest BCUT2D eigenvalue weighted by atomic mass is 127. The topological polar surface area (TPSA) is 85.8 Å². The van der Waals surface area contributed by atoms with Crippen LogP contribution in [0.25, 0.3) is 0 Å². The normalized spacial score (nSPS) is 12.7. The van der Waals surface area contributed by atoms with E-state index in [0.717, 1.165) is 56.0 Å². The zero-order valence-corrected chi connectivity index (χ0v) is 21.6. The van der Waals surface area contributed by atoms with Gasteiger partial charge in [0.1, 0.15) is 0 Å². The van der Waals surface area contributed by atoms with E-state index in [1.807, 2.05) is 45.0 Å². The van der Waals surface area contributed by atoms with Crippen molar-refractivity contribution < 1.29 is 9.90 Å². The first-order chi connectivity index (χ1) is 13.9. The monoisotopic (exact) mass is 532 g/mol. The zero-order valence-electron chi connectivity index (χ0n) is 19.3. The largest absolute Gasteiger partial charge is 0.396 e. The van der Waals surface area contributed by atoms with Gasteiger partial charge in [-0.2, -0.15) is 0 Å². The lowest BCUT2D eigenvalue weighted by Crippen LogP contribution is -2.43. The van der Waals surface area contributed by atoms with Crippen molar-refractivity contribution in [3.05, 3.63) is 29.8 Å². The predicted octanol–water partition coefficient (Wildman–Crippen LogP) is 4.53. The van der Waals surface area contributed by atoms with Crippen LogP contribution in [0.3, 0.4) is 0 Å². The SMILES string of the molecule is CCNC(=NCc1cccc(NC(=O)C(C)CC)c1)NCC(CC)(CC)CCO.I. The molecule has 0 bridgehead atoms. The Morgan fingerprint density at radius 2 is 1.87 bits per heavy atom. The predicted molar refractivity (Wildman–Crippen MR) is 137 cm³/mol. The summed E-state index contributed by atoms with van der Waals surface area (Å²) in [5.74, 6) is 0.811. The van der Waals surface area contributed by atoms with Gasteiger partial charge in [-0.25, -0.2) is 4.99 Å². The summed E-state index contributed by atoms with van der Waals surface area (Å²) in [5, 5.41) is 19.1. The van der Waals surface area contributed by atoms with Crippen molar-refractivity contribution in [2.45, 2.75) is 66.8 Å². The molecule has 0 saturated carbocycles. The van der Waals surface area contributed by atoms with Gasteiger partial charge < -0.3 is 21.1 Å². The maximum Gasteiger partial charge on any atom is 0.227 e. The minimum atomic E-state index is -0.00227. The highest BCUT2D eigenvalue weighted by Crippen LogP contribution is 2.29. The van der Waals surface area contributed by atoms with Crippen LogP contribution in [0.15, 0.2) is 29.3 Å². The Bertz CT molecular complexity index is 648. The number of benzene rings is 1. The molecule has 0 aliphatic carbocycles. The maximum atomic E-state index is 12.1. The lowest BCUT2D eigenvalue weighted by atomic mass is 9.79. The van der Waals surface area contributed by atoms with E-state index in [9.17, 15) is 9.90 Å². The molecule has 1 amide bonds. The summed E-state index contributed by atoms with van der Waals surface area (Å²) in [6.07, 6.45) is 3.62. The molecule has 7 heteroatoms. The van der Waals surface area contributed by atoms with Crippen molar-refractivity contribution in [1.82, 2.24) is 10.6 Å². The van der Waals surface area contributed by atoms with Crippen LogP contribution in [0, 0.1) is 11.3 Å². The van der Waals surface area contributed by atoms with E-state index in [4.69, 9.17) is 4.99 Å². The number of halogens is 1. The molecule has 0 radical (unpaired) electrons. The number of hydrogen-bond donors (Lipinski definition) is 4. The van der Waals surface area contributed by atoms with Gasteiger partial charge in [-0.15, -0.1) is 24.0 Å². The van der Waals surface area contributed by atoms with Crippen molar-refractivity contribution in [2.24, 2.45) is 16.3 Å². The number of carbonyl (C=O) groups is 1. The number of aliphatic imine (C=N–C) groups is 1. The van der Waals surface area contributed by atoms with E-state index in [-0.39, 0.29) is 47.8 Å². The number of hydrogen-bond acceptors (Lipinski definition) is 3. The van der Waals surface area contributed by atoms with E-state index in [0.29, 0.717) is 6.54 Å². The third-order valence-electron chi connectivity index (χ3n) is 5.79. The summed E-state index contributed by atoms with van der Waals surface area (Å²) < 4.78 is 0. The van der Waals surface area contributed by atoms with Crippen LogP contribution < -0.4 is 16.0 Å². The molecule has 1 rings (SSSR count). The fraction of sp³-hybridized carbons (Fsp3) is 0.652. The van der Waals surface area contributed by atoms with Crippen LogP contribution in [0.4, 0.5) is 5.69 Å². The van der Waals surface area contributed by atoms with E-state index in [2.05, 4.69) is 29.8 Å². The number of guanidine groups is 1. The summed E-state index contributed by atoms with van der Waals surface area (Å²) in [6, 6.07) is 7.84. The fourth-order valence-electron chi connectivity index (χ4n) is 3.16. The molecule has 0 aliphatic heterocycles. The van der Waals surface area contributed by atoms with Crippen molar-refractivity contribution in [2.75, 3.05) is 25.0 Å². The highest BCUT2D eigenvalue weighted by molar-refractivity contribution is 14.0. The zero-order chi connectivity index (χ0) is 21.7. The van der Waals surface area contributed by atoms with Gasteiger partial charge in [-0.1, -0.05) is 39.8 Å². The summed E-state index contributed by atoms with van der Waals surface area (Å²) in [5.41, 5.74) is 1.92. The van der Waals surface area contributed by atoms with Crippen LogP contribution in [-0.4, -0.2) is 36.7 Å². The highest BCUT2D eigenvalue weighted by Gasteiger charge is 2.25. The Labute approximate surface area is 199 Å². The number of nitrogens with one attached hydrogen (secondary N) is 3. The van der Waals surface area contributed by atoms with Gasteiger partial charge in [-0.05, 0) is 55.7 Å². The van der Waals surface area contributed by atoms with Gasteiger partial charge in [0.2, 0.25) is 5.91 Å². The first kappa shape index (κ1) is 28.6. The molecule has 1 aromatic rings. The van der Waals surface area contributed by atoms with Gasteiger partial charge in [0.25, 0.3) is 0 Å². The molecule has 0 fully saturated rings. The molecule has 172 valence electrons. The molecule has 1 aromatic carbocycles. The Balaban J connectivity index is 0.00000841. The van der Waals surface area contributed by atoms with Crippen molar-refractivity contribution >= 4 is 41.5 Å². The number of amides is 1. The lowest BCUT2D eigenvalue weighted by molar-refractivity contribution is -0.119. The van der Waals surface area contributed by atoms with Gasteiger partial charge in [0.15, 0.2) is 5.96 Å². The molecular formula is C23H41IN4O2. The summed E-state index contributed by atoms with van der Waals surface area (Å²) in [6.45, 7) is 12.6. The molecule has 0 heterocycles. The van der Waals surface area contributed by atoms with Gasteiger partial charge >= 0.3 is 0 Å². The van der Waals surface area contributed by atoms with Gasteiger partial charge in [0.05, 0.1) is 6.54 Å². The van der Waals surface area contributed by atoms with Crippen LogP contribution in [-0.2, 0) is 11.3 Å². The Hall–Kier alpha value is -1.35. The standard InChI is InChI=1S/C23H40N4O2.HI/c1-6-18(5)21(29)27-20-12-10-11-19(15-20)16-25-22(24-9-4)26-17-23(7-2,8-3)13-14-28;/h10-12,15,18,28H,6-9,13-14,16-17H2,1-5H3,(H,27,29)(H2,24,25,26);1H. The number of rotatable bonds is 12. The Morgan fingerprint density at radius 3 is 2.43 bits per heavy atom. The van der Waals surface area contributed by atoms with Crippen LogP contribution in [0.2, 0.25) is 0 Å². The average Bonchev–Trinajstić information content (AvgIpc) is 2.74. The molecule has 6 nitrogen and oxygen atoms in total. The van der Waals surface area contributed by atoms with Crippen LogP contribution in [0.5, 0.6) is 0 Å². The molecular weight excluding hydrogens is 491 g/mol. The van der Waals surface area contributed by atoms with Crippen molar-refractivity contribution in [3.63, 3.8) is 0 Å². The van der Waals surface area contributed by atoms with E-state index in [1.165, 1.54) is 0 Å². The molecule has 0 aliphatic rings. The van der Waals surface area contributed by atoms with E-state index >= 15 is 0 Å². The second-order valence-corrected chi connectivity index (χ2v) is 7.73. The third-order valence-corrected chi connectivity index (χ3v) is 5.79. The second kappa shape index (κ2) is 15.5. The minimum absolute atomic E-state index is 0. The third kappa shape index (κ3) is 9.64. The second-order valence-electron chi connectivity index (χ2n) is 7.73. The summed E-state index contributed by atoms with van der Waals surface area (Å²) >= 11 is 0. The first-order valence-electron chi connectivity index (χ1n) is 11.0. The summed E-state index contributed by atoms with van der Waals surface area (Å²) in [4.78, 5) is 16.8. The van der Waals surface area contributed by atoms with Gasteiger partial charge in [-0.3, -0.25) is 4.79 Å². The smallest absolute Gasteiger partial charge is 0.227 e. The van der Waals surface area contributed by atoms with E-state index in [1.54, 1.807) is 0 Å². The van der Waals surface area contributed by atoms with Crippen LogP contribution in [0.1, 0.15) is 65.9 Å². The van der Waals surface area contributed by atoms with Crippen molar-refractivity contribution in [3.8, 4) is 0 Å². The van der Waals surface area contributed by atoms with Crippen LogP contribution >= 0.6 is 24.0 Å². The molecule has 1 atom stereocenters. The number of nitrogens with zero attached hydrogens (tertiary/aromatic N) is 1. The van der Waals surface area contributed by atoms with E-state index < -0.39 is 0 Å². The first-order valence-corrected chi connectivity index (χ1v) is 11.0. The molecule has 4 N–H and O–H groups in total. The molecule has 0 saturated heterocycles. The molecule has 30 heavy (non-hydrogen) atoms. The van der Waals surface area contributed by atoms with Crippen molar-refractivity contribution in [1.29, 1.82) is 0 Å². The number of aliphatic hydroxyl groups excluding tert-OH is 1. The Morgan fingerprint density at radius 1 is 1.17 bits per heavy atom. The lowest BCUT2D eigenvalue weighted by Gasteiger charge is -2.32. The molecule has 0 aromatic heterocycles. The summed E-state index contributed by atoms with van der Waals surface area (Å²) in [7, 11) is 0. The minimum Gasteiger partial charge on any atom is -0.396 e. The number of carbonyl (C=O) groups excluding carboxylic acids is 1. The van der Waals surface area contributed by atoms with Gasteiger partial charge in [0, 0.05) is 31.3 Å². The molecule has 0 spiro atoms. The average molecular weight is 533 g/mol. The number of anilines is 1. The maximum absolute atomic E-state index is 12.1. The fourth-order valence-corrected chi connectivity index (χ4v) is 3.16. The number of aliphatic hydroxyl groups is 1.